The molecule has 6 heteroatoms. The lowest BCUT2D eigenvalue weighted by Gasteiger charge is -2.05. The van der Waals surface area contributed by atoms with Crippen molar-refractivity contribution in [2.45, 2.75) is 24.2 Å². The summed E-state index contributed by atoms with van der Waals surface area (Å²) in [6.45, 7) is 0. The highest BCUT2D eigenvalue weighted by atomic mass is 32.2. The minimum atomic E-state index is -3.60. The second-order valence-electron chi connectivity index (χ2n) is 5.72. The van der Waals surface area contributed by atoms with Crippen LogP contribution in [-0.2, 0) is 22.9 Å². The molecule has 0 unspecified atom stereocenters. The third-order valence-electron chi connectivity index (χ3n) is 4.09. The summed E-state index contributed by atoms with van der Waals surface area (Å²) < 4.78 is 27.6. The molecule has 4 nitrogen and oxygen atoms in total. The van der Waals surface area contributed by atoms with E-state index >= 15 is 0 Å². The molecular formula is C18H16N2O2S2. The van der Waals surface area contributed by atoms with E-state index in [2.05, 4.69) is 21.8 Å². The predicted octanol–water partition coefficient (Wildman–Crippen LogP) is 4.10. The smallest absolute Gasteiger partial charge is 0.255 e. The number of hydrogen-bond acceptors (Lipinski definition) is 4. The van der Waals surface area contributed by atoms with E-state index in [0.717, 1.165) is 35.4 Å². The van der Waals surface area contributed by atoms with Crippen LogP contribution in [0.3, 0.4) is 0 Å². The molecule has 2 aromatic carbocycles. The van der Waals surface area contributed by atoms with Gasteiger partial charge in [0.25, 0.3) is 10.0 Å². The summed E-state index contributed by atoms with van der Waals surface area (Å²) in [6.07, 6.45) is 3.01. The maximum absolute atomic E-state index is 12.5. The monoisotopic (exact) mass is 356 g/mol. The molecule has 1 aromatic heterocycles. The Morgan fingerprint density at radius 1 is 0.958 bits per heavy atom. The highest BCUT2D eigenvalue weighted by Gasteiger charge is 2.22. The number of nitrogens with zero attached hydrogens (tertiary/aromatic N) is 1. The average Bonchev–Trinajstić information content (AvgIpc) is 2.90. The van der Waals surface area contributed by atoms with Crippen LogP contribution in [0.2, 0.25) is 0 Å². The van der Waals surface area contributed by atoms with Crippen LogP contribution in [0.4, 0.5) is 5.13 Å². The first-order chi connectivity index (χ1) is 11.6. The van der Waals surface area contributed by atoms with Crippen molar-refractivity contribution in [1.82, 2.24) is 4.98 Å². The van der Waals surface area contributed by atoms with E-state index in [-0.39, 0.29) is 4.90 Å². The highest BCUT2D eigenvalue weighted by molar-refractivity contribution is 7.93. The number of aryl methyl sites for hydroxylation is 2. The quantitative estimate of drug-likeness (QED) is 0.769. The number of thiazole rings is 1. The van der Waals surface area contributed by atoms with Crippen LogP contribution in [0.15, 0.2) is 59.5 Å². The molecule has 0 aliphatic heterocycles. The fraction of sp³-hybridized carbons (Fsp3) is 0.167. The SMILES string of the molecule is O=S(=O)(Nc1nc2c(s1)CCCc1ccccc1-2)c1ccccc1. The summed E-state index contributed by atoms with van der Waals surface area (Å²) in [7, 11) is -3.60. The fourth-order valence-corrected chi connectivity index (χ4v) is 5.23. The number of nitrogens with one attached hydrogen (secondary N) is 1. The van der Waals surface area contributed by atoms with E-state index in [9.17, 15) is 8.42 Å². The van der Waals surface area contributed by atoms with Gasteiger partial charge in [-0.05, 0) is 37.0 Å². The van der Waals surface area contributed by atoms with E-state index in [1.165, 1.54) is 16.9 Å². The van der Waals surface area contributed by atoms with Crippen LogP contribution < -0.4 is 4.72 Å². The van der Waals surface area contributed by atoms with E-state index in [4.69, 9.17) is 0 Å². The molecule has 0 spiro atoms. The summed E-state index contributed by atoms with van der Waals surface area (Å²) in [4.78, 5) is 5.98. The van der Waals surface area contributed by atoms with Crippen molar-refractivity contribution in [3.8, 4) is 11.3 Å². The van der Waals surface area contributed by atoms with Gasteiger partial charge in [-0.2, -0.15) is 0 Å². The van der Waals surface area contributed by atoms with Gasteiger partial charge in [-0.25, -0.2) is 13.4 Å². The summed E-state index contributed by atoms with van der Waals surface area (Å²) in [5.41, 5.74) is 3.31. The van der Waals surface area contributed by atoms with Crippen molar-refractivity contribution in [2.24, 2.45) is 0 Å². The van der Waals surface area contributed by atoms with Crippen molar-refractivity contribution in [2.75, 3.05) is 4.72 Å². The van der Waals surface area contributed by atoms with E-state index in [1.54, 1.807) is 30.3 Å². The Morgan fingerprint density at radius 2 is 1.71 bits per heavy atom. The predicted molar refractivity (Wildman–Crippen MR) is 96.8 cm³/mol. The van der Waals surface area contributed by atoms with Gasteiger partial charge < -0.3 is 0 Å². The van der Waals surface area contributed by atoms with Gasteiger partial charge in [0.1, 0.15) is 0 Å². The second-order valence-corrected chi connectivity index (χ2v) is 8.49. The van der Waals surface area contributed by atoms with Crippen LogP contribution in [0.25, 0.3) is 11.3 Å². The summed E-state index contributed by atoms with van der Waals surface area (Å²) in [5, 5.41) is 0.431. The standard InChI is InChI=1S/C18H16N2O2S2/c21-24(22,14-9-2-1-3-10-14)20-18-19-17-15-11-5-4-7-13(15)8-6-12-16(17)23-18/h1-5,7,9-11H,6,8,12H2,(H,19,20). The van der Waals surface area contributed by atoms with E-state index < -0.39 is 10.0 Å². The summed E-state index contributed by atoms with van der Waals surface area (Å²) in [6, 6.07) is 16.6. The molecule has 1 heterocycles. The van der Waals surface area contributed by atoms with Crippen molar-refractivity contribution in [1.29, 1.82) is 0 Å². The number of fused-ring (bicyclic) bond motifs is 3. The lowest BCUT2D eigenvalue weighted by atomic mass is 10.0. The van der Waals surface area contributed by atoms with Crippen molar-refractivity contribution >= 4 is 26.5 Å². The van der Waals surface area contributed by atoms with Gasteiger partial charge in [-0.15, -0.1) is 11.3 Å². The number of benzene rings is 2. The topological polar surface area (TPSA) is 59.1 Å². The first-order valence-corrected chi connectivity index (χ1v) is 10.1. The van der Waals surface area contributed by atoms with Gasteiger partial charge in [0.05, 0.1) is 10.6 Å². The molecule has 1 aliphatic rings. The lowest BCUT2D eigenvalue weighted by molar-refractivity contribution is 0.601. The number of rotatable bonds is 3. The minimum Gasteiger partial charge on any atom is -0.255 e. The summed E-state index contributed by atoms with van der Waals surface area (Å²) >= 11 is 1.43. The largest absolute Gasteiger partial charge is 0.263 e. The normalized spacial score (nSPS) is 13.7. The molecule has 0 radical (unpaired) electrons. The van der Waals surface area contributed by atoms with E-state index in [1.807, 2.05) is 12.1 Å². The van der Waals surface area contributed by atoms with Gasteiger partial charge in [0, 0.05) is 10.4 Å². The number of hydrogen-bond donors (Lipinski definition) is 1. The van der Waals surface area contributed by atoms with Crippen LogP contribution in [0.5, 0.6) is 0 Å². The Bertz CT molecular complexity index is 979. The van der Waals surface area contributed by atoms with Crippen molar-refractivity contribution in [3.63, 3.8) is 0 Å². The Morgan fingerprint density at radius 3 is 2.54 bits per heavy atom. The number of anilines is 1. The zero-order valence-corrected chi connectivity index (χ0v) is 14.5. The first kappa shape index (κ1) is 15.4. The molecule has 0 amide bonds. The molecule has 0 saturated heterocycles. The molecule has 122 valence electrons. The number of sulfonamides is 1. The summed E-state index contributed by atoms with van der Waals surface area (Å²) in [5.74, 6) is 0. The van der Waals surface area contributed by atoms with Crippen molar-refractivity contribution in [3.05, 3.63) is 65.0 Å². The molecule has 0 saturated carbocycles. The zero-order valence-electron chi connectivity index (χ0n) is 12.9. The Balaban J connectivity index is 1.72. The second kappa shape index (κ2) is 6.03. The molecule has 0 bridgehead atoms. The minimum absolute atomic E-state index is 0.246. The molecule has 3 aromatic rings. The lowest BCUT2D eigenvalue weighted by Crippen LogP contribution is -2.12. The van der Waals surface area contributed by atoms with Gasteiger partial charge >= 0.3 is 0 Å². The fourth-order valence-electron chi connectivity index (χ4n) is 2.96. The van der Waals surface area contributed by atoms with Gasteiger partial charge in [-0.1, -0.05) is 42.5 Å². The molecule has 4 rings (SSSR count). The van der Waals surface area contributed by atoms with Crippen LogP contribution in [-0.4, -0.2) is 13.4 Å². The van der Waals surface area contributed by atoms with Gasteiger partial charge in [-0.3, -0.25) is 4.72 Å². The molecule has 24 heavy (non-hydrogen) atoms. The molecule has 0 atom stereocenters. The maximum Gasteiger partial charge on any atom is 0.263 e. The van der Waals surface area contributed by atoms with Crippen LogP contribution >= 0.6 is 11.3 Å². The molecule has 1 aliphatic carbocycles. The van der Waals surface area contributed by atoms with Crippen LogP contribution in [0, 0.1) is 0 Å². The van der Waals surface area contributed by atoms with Crippen LogP contribution in [0.1, 0.15) is 16.9 Å². The average molecular weight is 356 g/mol. The highest BCUT2D eigenvalue weighted by Crippen LogP contribution is 2.37. The molecule has 1 N–H and O–H groups in total. The third-order valence-corrected chi connectivity index (χ3v) is 6.61. The Hall–Kier alpha value is -2.18. The zero-order chi connectivity index (χ0) is 16.6. The number of aromatic nitrogens is 1. The van der Waals surface area contributed by atoms with E-state index in [0.29, 0.717) is 5.13 Å². The van der Waals surface area contributed by atoms with Gasteiger partial charge in [0.2, 0.25) is 0 Å². The molecule has 0 fully saturated rings. The maximum atomic E-state index is 12.5. The molecular weight excluding hydrogens is 340 g/mol. The Kier molecular flexibility index (Phi) is 3.86. The van der Waals surface area contributed by atoms with Gasteiger partial charge in [0.15, 0.2) is 5.13 Å². The first-order valence-electron chi connectivity index (χ1n) is 7.79. The third kappa shape index (κ3) is 2.83. The Labute approximate surface area is 145 Å². The van der Waals surface area contributed by atoms with Crippen molar-refractivity contribution < 1.29 is 8.42 Å².